The number of nitrogens with zero attached hydrogens (tertiary/aromatic N) is 1. The molecule has 1 aliphatic heterocycles. The molecule has 0 aromatic heterocycles. The molecule has 1 atom stereocenters. The van der Waals surface area contributed by atoms with Crippen molar-refractivity contribution in [2.75, 3.05) is 19.9 Å². The maximum Gasteiger partial charge on any atom is 0.411 e. The first-order valence-corrected chi connectivity index (χ1v) is 7.15. The van der Waals surface area contributed by atoms with Crippen molar-refractivity contribution in [3.05, 3.63) is 0 Å². The lowest BCUT2D eigenvalue weighted by Gasteiger charge is -2.31. The Labute approximate surface area is 121 Å². The first-order valence-electron chi connectivity index (χ1n) is 7.15. The molecule has 0 aromatic rings. The quantitative estimate of drug-likeness (QED) is 0.813. The molecule has 1 amide bonds. The van der Waals surface area contributed by atoms with Crippen molar-refractivity contribution in [3.8, 4) is 0 Å². The summed E-state index contributed by atoms with van der Waals surface area (Å²) >= 11 is 0. The van der Waals surface area contributed by atoms with Gasteiger partial charge >= 0.3 is 12.3 Å². The molecule has 0 aromatic carbocycles. The molecule has 2 aliphatic rings. The predicted molar refractivity (Wildman–Crippen MR) is 66.4 cm³/mol. The summed E-state index contributed by atoms with van der Waals surface area (Å²) in [6.07, 6.45) is -3.36. The molecule has 0 radical (unpaired) electrons. The molecule has 1 N–H and O–H groups in total. The smallest absolute Gasteiger partial charge is 0.411 e. The van der Waals surface area contributed by atoms with E-state index in [-0.39, 0.29) is 25.0 Å². The number of rotatable bonds is 3. The highest BCUT2D eigenvalue weighted by molar-refractivity contribution is 5.67. The summed E-state index contributed by atoms with van der Waals surface area (Å²) in [6.45, 7) is 0.168. The van der Waals surface area contributed by atoms with Gasteiger partial charge in [0.15, 0.2) is 6.79 Å². The highest BCUT2D eigenvalue weighted by Gasteiger charge is 2.42. The van der Waals surface area contributed by atoms with Crippen LogP contribution in [0.3, 0.4) is 0 Å². The van der Waals surface area contributed by atoms with Crippen LogP contribution in [0.15, 0.2) is 0 Å². The molecule has 2 fully saturated rings. The van der Waals surface area contributed by atoms with E-state index >= 15 is 0 Å². The van der Waals surface area contributed by atoms with Crippen LogP contribution in [0.5, 0.6) is 0 Å². The maximum atomic E-state index is 12.6. The second-order valence-corrected chi connectivity index (χ2v) is 5.55. The number of carbonyl (C=O) groups excluding carboxylic acids is 1. The first-order chi connectivity index (χ1) is 9.90. The van der Waals surface area contributed by atoms with E-state index in [2.05, 4.69) is 4.74 Å². The van der Waals surface area contributed by atoms with E-state index in [4.69, 9.17) is 9.84 Å². The van der Waals surface area contributed by atoms with Gasteiger partial charge in [-0.3, -0.25) is 0 Å². The zero-order chi connectivity index (χ0) is 15.5. The number of amides is 1. The van der Waals surface area contributed by atoms with Gasteiger partial charge in [0.2, 0.25) is 0 Å². The Morgan fingerprint density at radius 2 is 1.81 bits per heavy atom. The highest BCUT2D eigenvalue weighted by atomic mass is 19.4. The molecule has 5 nitrogen and oxygen atoms in total. The lowest BCUT2D eigenvalue weighted by molar-refractivity contribution is -0.189. The van der Waals surface area contributed by atoms with E-state index in [9.17, 15) is 18.0 Å². The minimum absolute atomic E-state index is 0.108. The number of carbonyl (C=O) groups is 1. The lowest BCUT2D eigenvalue weighted by atomic mass is 9.87. The van der Waals surface area contributed by atoms with Crippen molar-refractivity contribution < 1.29 is 32.5 Å². The van der Waals surface area contributed by atoms with Gasteiger partial charge < -0.3 is 19.5 Å². The molecule has 0 unspecified atom stereocenters. The topological polar surface area (TPSA) is 59.0 Å². The van der Waals surface area contributed by atoms with Gasteiger partial charge in [0.05, 0.1) is 24.7 Å². The van der Waals surface area contributed by atoms with Crippen LogP contribution >= 0.6 is 0 Å². The number of ether oxygens (including phenoxy) is 2. The highest BCUT2D eigenvalue weighted by Crippen LogP contribution is 2.38. The van der Waals surface area contributed by atoms with Crippen molar-refractivity contribution in [1.29, 1.82) is 0 Å². The fourth-order valence-corrected chi connectivity index (χ4v) is 2.95. The van der Waals surface area contributed by atoms with Crippen LogP contribution in [0, 0.1) is 5.92 Å². The Bertz CT molecular complexity index is 356. The summed E-state index contributed by atoms with van der Waals surface area (Å²) in [7, 11) is 0. The second-order valence-electron chi connectivity index (χ2n) is 5.55. The minimum Gasteiger partial charge on any atom is -0.422 e. The van der Waals surface area contributed by atoms with Crippen LogP contribution in [0.25, 0.3) is 0 Å². The third-order valence-electron chi connectivity index (χ3n) is 4.11. The standard InChI is InChI=1S/C13H20F3NO4/c14-13(15,16)9-1-3-10(4-2-9)21-11-5-6-17(7-11)12(19)20-8-18/h9-11,18H,1-8H2/t9?,10?,11-/m0/s1. The van der Waals surface area contributed by atoms with Gasteiger partial charge in [-0.05, 0) is 32.1 Å². The normalized spacial score (nSPS) is 30.5. The number of alkyl halides is 3. The molecule has 1 aliphatic carbocycles. The molecular formula is C13H20F3NO4. The van der Waals surface area contributed by atoms with Gasteiger partial charge in [-0.2, -0.15) is 13.2 Å². The van der Waals surface area contributed by atoms with Crippen LogP contribution in [-0.2, 0) is 9.47 Å². The number of hydrogen-bond donors (Lipinski definition) is 1. The summed E-state index contributed by atoms with van der Waals surface area (Å²) in [5, 5.41) is 8.52. The molecule has 1 saturated carbocycles. The second kappa shape index (κ2) is 6.83. The van der Waals surface area contributed by atoms with Crippen molar-refractivity contribution in [2.45, 2.75) is 50.5 Å². The molecule has 8 heteroatoms. The van der Waals surface area contributed by atoms with Gasteiger partial charge in [-0.1, -0.05) is 0 Å². The van der Waals surface area contributed by atoms with Crippen molar-refractivity contribution in [3.63, 3.8) is 0 Å². The number of hydrogen-bond acceptors (Lipinski definition) is 4. The predicted octanol–water partition coefficient (Wildman–Crippen LogP) is 2.28. The summed E-state index contributed by atoms with van der Waals surface area (Å²) in [5.74, 6) is -1.21. The van der Waals surface area contributed by atoms with E-state index in [1.165, 1.54) is 4.90 Å². The number of aliphatic hydroxyl groups is 1. The van der Waals surface area contributed by atoms with Gasteiger partial charge in [-0.15, -0.1) is 0 Å². The van der Waals surface area contributed by atoms with Crippen molar-refractivity contribution in [1.82, 2.24) is 4.90 Å². The molecule has 0 bridgehead atoms. The third-order valence-corrected chi connectivity index (χ3v) is 4.11. The van der Waals surface area contributed by atoms with Crippen molar-refractivity contribution >= 4 is 6.09 Å². The van der Waals surface area contributed by atoms with E-state index in [0.29, 0.717) is 32.4 Å². The molecular weight excluding hydrogens is 291 g/mol. The molecule has 2 rings (SSSR count). The van der Waals surface area contributed by atoms with Crippen LogP contribution < -0.4 is 0 Å². The summed E-state index contributed by atoms with van der Waals surface area (Å²) in [5.41, 5.74) is 0. The van der Waals surface area contributed by atoms with E-state index in [1.54, 1.807) is 0 Å². The van der Waals surface area contributed by atoms with E-state index < -0.39 is 25.0 Å². The van der Waals surface area contributed by atoms with Gasteiger partial charge in [0.25, 0.3) is 0 Å². The zero-order valence-corrected chi connectivity index (χ0v) is 11.6. The Hall–Kier alpha value is -1.02. The van der Waals surface area contributed by atoms with Crippen molar-refractivity contribution in [2.24, 2.45) is 5.92 Å². The van der Waals surface area contributed by atoms with Gasteiger partial charge in [0, 0.05) is 6.54 Å². The SMILES string of the molecule is O=C(OCO)N1CC[C@H](OC2CCC(C(F)(F)F)CC2)C1. The molecule has 122 valence electrons. The lowest BCUT2D eigenvalue weighted by Crippen LogP contribution is -2.34. The summed E-state index contributed by atoms with van der Waals surface area (Å²) in [4.78, 5) is 12.8. The number of halogens is 3. The zero-order valence-electron chi connectivity index (χ0n) is 11.6. The Morgan fingerprint density at radius 3 is 2.38 bits per heavy atom. The number of aliphatic hydroxyl groups excluding tert-OH is 1. The summed E-state index contributed by atoms with van der Waals surface area (Å²) in [6, 6.07) is 0. The molecule has 1 heterocycles. The van der Waals surface area contributed by atoms with Gasteiger partial charge in [-0.25, -0.2) is 4.79 Å². The average Bonchev–Trinajstić information content (AvgIpc) is 2.87. The monoisotopic (exact) mass is 311 g/mol. The van der Waals surface area contributed by atoms with E-state index in [1.807, 2.05) is 0 Å². The van der Waals surface area contributed by atoms with E-state index in [0.717, 1.165) is 0 Å². The Balaban J connectivity index is 1.71. The minimum atomic E-state index is -4.11. The molecule has 1 saturated heterocycles. The Morgan fingerprint density at radius 1 is 1.14 bits per heavy atom. The summed E-state index contributed by atoms with van der Waals surface area (Å²) < 4.78 is 48.0. The van der Waals surface area contributed by atoms with Crippen LogP contribution in [0.1, 0.15) is 32.1 Å². The fraction of sp³-hybridized carbons (Fsp3) is 0.923. The maximum absolute atomic E-state index is 12.6. The Kier molecular flexibility index (Phi) is 5.32. The van der Waals surface area contributed by atoms with Crippen LogP contribution in [0.2, 0.25) is 0 Å². The average molecular weight is 311 g/mol. The third kappa shape index (κ3) is 4.47. The van der Waals surface area contributed by atoms with Crippen LogP contribution in [-0.4, -0.2) is 54.4 Å². The molecule has 21 heavy (non-hydrogen) atoms. The first kappa shape index (κ1) is 16.4. The fourth-order valence-electron chi connectivity index (χ4n) is 2.95. The van der Waals surface area contributed by atoms with Gasteiger partial charge in [0.1, 0.15) is 0 Å². The number of likely N-dealkylation sites (tertiary alicyclic amines) is 1. The van der Waals surface area contributed by atoms with Crippen LogP contribution in [0.4, 0.5) is 18.0 Å². The molecule has 0 spiro atoms. The largest absolute Gasteiger partial charge is 0.422 e.